The molecule has 2 nitrogen and oxygen atoms in total. The second-order valence-corrected chi connectivity index (χ2v) is 5.50. The number of nitrogens with zero attached hydrogens (tertiary/aromatic N) is 1. The van der Waals surface area contributed by atoms with E-state index in [0.717, 1.165) is 34.1 Å². The van der Waals surface area contributed by atoms with Gasteiger partial charge in [-0.15, -0.1) is 11.8 Å². The van der Waals surface area contributed by atoms with E-state index in [-0.39, 0.29) is 0 Å². The van der Waals surface area contributed by atoms with Gasteiger partial charge in [0, 0.05) is 16.6 Å². The molecule has 0 aliphatic heterocycles. The van der Waals surface area contributed by atoms with Crippen LogP contribution in [0.1, 0.15) is 24.1 Å². The van der Waals surface area contributed by atoms with Crippen LogP contribution < -0.4 is 0 Å². The summed E-state index contributed by atoms with van der Waals surface area (Å²) in [7, 11) is 0. The monoisotopic (exact) mass is 311 g/mol. The standard InChI is InChI=1S/C13H14BrNOS/c1-2-11-7-15-13(16-11)9-17-8-10-5-3-4-6-12(10)14/h3-7H,2,8-9H2,1H3. The van der Waals surface area contributed by atoms with Crippen molar-refractivity contribution < 1.29 is 4.42 Å². The molecule has 1 aromatic carbocycles. The smallest absolute Gasteiger partial charge is 0.204 e. The van der Waals surface area contributed by atoms with E-state index in [1.54, 1.807) is 0 Å². The number of aromatic nitrogens is 1. The Morgan fingerprint density at radius 2 is 2.12 bits per heavy atom. The summed E-state index contributed by atoms with van der Waals surface area (Å²) in [6.07, 6.45) is 2.72. The molecule has 0 aliphatic rings. The summed E-state index contributed by atoms with van der Waals surface area (Å²) in [5, 5.41) is 0. The maximum atomic E-state index is 5.56. The van der Waals surface area contributed by atoms with E-state index in [4.69, 9.17) is 4.42 Å². The minimum Gasteiger partial charge on any atom is -0.445 e. The van der Waals surface area contributed by atoms with Crippen LogP contribution in [0.5, 0.6) is 0 Å². The Morgan fingerprint density at radius 3 is 2.82 bits per heavy atom. The summed E-state index contributed by atoms with van der Waals surface area (Å²) in [6, 6.07) is 8.28. The van der Waals surface area contributed by atoms with Crippen LogP contribution in [-0.4, -0.2) is 4.98 Å². The minimum absolute atomic E-state index is 0.818. The van der Waals surface area contributed by atoms with Crippen molar-refractivity contribution in [1.82, 2.24) is 4.98 Å². The Kier molecular flexibility index (Phi) is 4.68. The van der Waals surface area contributed by atoms with E-state index in [1.165, 1.54) is 5.56 Å². The molecule has 0 radical (unpaired) electrons. The molecule has 0 aliphatic carbocycles. The third-order valence-corrected chi connectivity index (χ3v) is 4.13. The second kappa shape index (κ2) is 6.26. The fourth-order valence-corrected chi connectivity index (χ4v) is 2.93. The quantitative estimate of drug-likeness (QED) is 0.817. The fourth-order valence-electron chi connectivity index (χ4n) is 1.44. The van der Waals surface area contributed by atoms with Crippen LogP contribution in [0.3, 0.4) is 0 Å². The summed E-state index contributed by atoms with van der Waals surface area (Å²) in [6.45, 7) is 2.07. The molecule has 1 aromatic heterocycles. The zero-order valence-electron chi connectivity index (χ0n) is 9.65. The summed E-state index contributed by atoms with van der Waals surface area (Å²) in [4.78, 5) is 4.24. The van der Waals surface area contributed by atoms with Crippen molar-refractivity contribution in [2.75, 3.05) is 0 Å². The highest BCUT2D eigenvalue weighted by Crippen LogP contribution is 2.23. The number of rotatable bonds is 5. The van der Waals surface area contributed by atoms with Gasteiger partial charge < -0.3 is 4.42 Å². The molecule has 0 amide bonds. The first-order valence-electron chi connectivity index (χ1n) is 5.54. The molecular formula is C13H14BrNOS. The van der Waals surface area contributed by atoms with Gasteiger partial charge >= 0.3 is 0 Å². The Morgan fingerprint density at radius 1 is 1.29 bits per heavy atom. The first-order chi connectivity index (χ1) is 8.29. The first-order valence-corrected chi connectivity index (χ1v) is 7.49. The largest absolute Gasteiger partial charge is 0.445 e. The maximum absolute atomic E-state index is 5.56. The van der Waals surface area contributed by atoms with Gasteiger partial charge in [-0.1, -0.05) is 41.1 Å². The molecule has 0 saturated carbocycles. The Labute approximate surface area is 114 Å². The second-order valence-electron chi connectivity index (χ2n) is 3.66. The maximum Gasteiger partial charge on any atom is 0.204 e. The van der Waals surface area contributed by atoms with Gasteiger partial charge in [-0.25, -0.2) is 4.98 Å². The summed E-state index contributed by atoms with van der Waals surface area (Å²) in [5.74, 6) is 3.56. The molecule has 2 rings (SSSR count). The number of hydrogen-bond acceptors (Lipinski definition) is 3. The summed E-state index contributed by atoms with van der Waals surface area (Å²) >= 11 is 5.36. The van der Waals surface area contributed by atoms with E-state index >= 15 is 0 Å². The topological polar surface area (TPSA) is 26.0 Å². The van der Waals surface area contributed by atoms with Crippen molar-refractivity contribution in [3.8, 4) is 0 Å². The number of thioether (sulfide) groups is 1. The third kappa shape index (κ3) is 3.61. The molecule has 90 valence electrons. The van der Waals surface area contributed by atoms with Crippen molar-refractivity contribution in [2.45, 2.75) is 24.9 Å². The lowest BCUT2D eigenvalue weighted by atomic mass is 10.2. The van der Waals surface area contributed by atoms with Gasteiger partial charge in [0.2, 0.25) is 5.89 Å². The summed E-state index contributed by atoms with van der Waals surface area (Å²) < 4.78 is 6.72. The molecule has 4 heteroatoms. The van der Waals surface area contributed by atoms with Crippen LogP contribution in [0.2, 0.25) is 0 Å². The number of benzene rings is 1. The molecule has 0 bridgehead atoms. The van der Waals surface area contributed by atoms with Crippen LogP contribution >= 0.6 is 27.7 Å². The minimum atomic E-state index is 0.818. The predicted octanol–water partition coefficient (Wildman–Crippen LogP) is 4.43. The van der Waals surface area contributed by atoms with Crippen LogP contribution in [-0.2, 0) is 17.9 Å². The van der Waals surface area contributed by atoms with E-state index in [1.807, 2.05) is 24.0 Å². The van der Waals surface area contributed by atoms with Crippen molar-refractivity contribution in [2.24, 2.45) is 0 Å². The molecule has 0 fully saturated rings. The van der Waals surface area contributed by atoms with Crippen molar-refractivity contribution in [3.05, 3.63) is 52.1 Å². The fraction of sp³-hybridized carbons (Fsp3) is 0.308. The molecule has 0 spiro atoms. The number of halogens is 1. The molecule has 0 N–H and O–H groups in total. The lowest BCUT2D eigenvalue weighted by molar-refractivity contribution is 0.476. The van der Waals surface area contributed by atoms with E-state index in [9.17, 15) is 0 Å². The van der Waals surface area contributed by atoms with Gasteiger partial charge in [-0.05, 0) is 11.6 Å². The zero-order chi connectivity index (χ0) is 12.1. The van der Waals surface area contributed by atoms with Gasteiger partial charge in [-0.3, -0.25) is 0 Å². The van der Waals surface area contributed by atoms with Gasteiger partial charge in [0.15, 0.2) is 0 Å². The van der Waals surface area contributed by atoms with Crippen LogP contribution in [0.25, 0.3) is 0 Å². The van der Waals surface area contributed by atoms with E-state index in [0.29, 0.717) is 0 Å². The molecule has 2 aromatic rings. The highest BCUT2D eigenvalue weighted by Gasteiger charge is 2.04. The normalized spacial score (nSPS) is 10.7. The molecule has 0 unspecified atom stereocenters. The molecular weight excluding hydrogens is 298 g/mol. The average Bonchev–Trinajstić information content (AvgIpc) is 2.80. The number of hydrogen-bond donors (Lipinski definition) is 0. The number of oxazole rings is 1. The van der Waals surface area contributed by atoms with Gasteiger partial charge in [-0.2, -0.15) is 0 Å². The molecule has 1 heterocycles. The lowest BCUT2D eigenvalue weighted by Crippen LogP contribution is -1.84. The first kappa shape index (κ1) is 12.7. The van der Waals surface area contributed by atoms with Crippen LogP contribution in [0.15, 0.2) is 39.4 Å². The average molecular weight is 312 g/mol. The van der Waals surface area contributed by atoms with Crippen molar-refractivity contribution >= 4 is 27.7 Å². The molecule has 0 atom stereocenters. The lowest BCUT2D eigenvalue weighted by Gasteiger charge is -2.02. The van der Waals surface area contributed by atoms with Crippen LogP contribution in [0, 0.1) is 0 Å². The third-order valence-electron chi connectivity index (χ3n) is 2.39. The van der Waals surface area contributed by atoms with E-state index in [2.05, 4.69) is 46.0 Å². The van der Waals surface area contributed by atoms with Crippen molar-refractivity contribution in [1.29, 1.82) is 0 Å². The predicted molar refractivity (Wildman–Crippen MR) is 75.0 cm³/mol. The van der Waals surface area contributed by atoms with E-state index < -0.39 is 0 Å². The van der Waals surface area contributed by atoms with Gasteiger partial charge in [0.25, 0.3) is 0 Å². The highest BCUT2D eigenvalue weighted by molar-refractivity contribution is 9.10. The summed E-state index contributed by atoms with van der Waals surface area (Å²) in [5.41, 5.74) is 1.31. The molecule has 17 heavy (non-hydrogen) atoms. The molecule has 0 saturated heterocycles. The Bertz CT molecular complexity index is 484. The Balaban J connectivity index is 1.85. The Hall–Kier alpha value is -0.740. The number of aryl methyl sites for hydroxylation is 1. The SMILES string of the molecule is CCc1cnc(CSCc2ccccc2Br)o1. The highest BCUT2D eigenvalue weighted by atomic mass is 79.9. The zero-order valence-corrected chi connectivity index (χ0v) is 12.1. The van der Waals surface area contributed by atoms with Gasteiger partial charge in [0.05, 0.1) is 11.9 Å². The van der Waals surface area contributed by atoms with Gasteiger partial charge in [0.1, 0.15) is 5.76 Å². The van der Waals surface area contributed by atoms with Crippen molar-refractivity contribution in [3.63, 3.8) is 0 Å². The van der Waals surface area contributed by atoms with Crippen LogP contribution in [0.4, 0.5) is 0 Å².